The first-order valence-corrected chi connectivity index (χ1v) is 8.95. The van der Waals surface area contributed by atoms with E-state index >= 15 is 0 Å². The Bertz CT molecular complexity index is 807. The Morgan fingerprint density at radius 3 is 2.69 bits per heavy atom. The summed E-state index contributed by atoms with van der Waals surface area (Å²) in [5.41, 5.74) is -1.05. The molecule has 140 valence electrons. The molecule has 0 amide bonds. The van der Waals surface area contributed by atoms with Gasteiger partial charge in [0.15, 0.2) is 5.60 Å². The molecule has 6 atom stereocenters. The summed E-state index contributed by atoms with van der Waals surface area (Å²) in [6.45, 7) is 8.76. The quantitative estimate of drug-likeness (QED) is 0.570. The van der Waals surface area contributed by atoms with Crippen molar-refractivity contribution in [1.82, 2.24) is 0 Å². The molecule has 6 heteroatoms. The minimum Gasteiger partial charge on any atom is -0.479 e. The van der Waals surface area contributed by atoms with Gasteiger partial charge in [0.2, 0.25) is 11.6 Å². The fourth-order valence-corrected chi connectivity index (χ4v) is 4.79. The van der Waals surface area contributed by atoms with Crippen molar-refractivity contribution in [1.29, 1.82) is 0 Å². The first kappa shape index (κ1) is 17.5. The number of carbonyl (C=O) groups excluding carboxylic acids is 2. The van der Waals surface area contributed by atoms with Crippen LogP contribution in [0.25, 0.3) is 0 Å². The molecule has 0 aliphatic carbocycles. The first-order valence-electron chi connectivity index (χ1n) is 8.95. The summed E-state index contributed by atoms with van der Waals surface area (Å²) in [5, 5.41) is 11.4. The zero-order valence-electron chi connectivity index (χ0n) is 15.7. The second-order valence-corrected chi connectivity index (χ2v) is 8.13. The summed E-state index contributed by atoms with van der Waals surface area (Å²) in [5.74, 6) is -2.31. The molecular weight excluding hydrogens is 336 g/mol. The minimum atomic E-state index is -1.78. The van der Waals surface area contributed by atoms with E-state index in [0.29, 0.717) is 11.3 Å². The van der Waals surface area contributed by atoms with Crippen molar-refractivity contribution in [2.75, 3.05) is 0 Å². The average molecular weight is 360 g/mol. The Labute approximate surface area is 152 Å². The van der Waals surface area contributed by atoms with Crippen molar-refractivity contribution in [3.63, 3.8) is 0 Å². The van der Waals surface area contributed by atoms with E-state index in [2.05, 4.69) is 0 Å². The largest absolute Gasteiger partial charge is 0.479 e. The van der Waals surface area contributed by atoms with Crippen molar-refractivity contribution in [2.45, 2.75) is 64.6 Å². The number of aliphatic hydroxyl groups is 1. The maximum absolute atomic E-state index is 12.9. The fraction of sp³-hybridized carbons (Fsp3) is 0.600. The Morgan fingerprint density at radius 1 is 1.35 bits per heavy atom. The average Bonchev–Trinajstić information content (AvgIpc) is 3.09. The van der Waals surface area contributed by atoms with Crippen LogP contribution < -0.4 is 0 Å². The van der Waals surface area contributed by atoms with Crippen molar-refractivity contribution < 1.29 is 28.9 Å². The zero-order chi connectivity index (χ0) is 19.1. The molecule has 4 aliphatic heterocycles. The molecule has 0 aromatic rings. The third kappa shape index (κ3) is 1.89. The summed E-state index contributed by atoms with van der Waals surface area (Å²) < 4.78 is 17.7. The molecule has 2 fully saturated rings. The van der Waals surface area contributed by atoms with Crippen LogP contribution >= 0.6 is 0 Å². The van der Waals surface area contributed by atoms with Crippen LogP contribution in [0.2, 0.25) is 0 Å². The molecule has 26 heavy (non-hydrogen) atoms. The predicted octanol–water partition coefficient (Wildman–Crippen LogP) is 2.18. The normalized spacial score (nSPS) is 49.3. The van der Waals surface area contributed by atoms with Crippen LogP contribution in [0, 0.1) is 11.3 Å². The molecule has 4 rings (SSSR count). The number of hydrogen-bond acceptors (Lipinski definition) is 6. The maximum atomic E-state index is 12.9. The highest BCUT2D eigenvalue weighted by Crippen LogP contribution is 2.60. The van der Waals surface area contributed by atoms with E-state index < -0.39 is 40.9 Å². The highest BCUT2D eigenvalue weighted by Gasteiger charge is 2.74. The van der Waals surface area contributed by atoms with Crippen LogP contribution in [-0.2, 0) is 23.8 Å². The van der Waals surface area contributed by atoms with E-state index in [4.69, 9.17) is 14.2 Å². The lowest BCUT2D eigenvalue weighted by atomic mass is 9.67. The third-order valence-electron chi connectivity index (χ3n) is 6.59. The van der Waals surface area contributed by atoms with E-state index in [-0.39, 0.29) is 12.2 Å². The SMILES string of the molecule is C/C=C(\C)[C@@]1(O)O[C@H]2C[C@@]3(C)OC(=CC3=O)/C(C)=C\[C@H]3OC(=O)[C@@]1(C)[C@H]23. The third-order valence-corrected chi connectivity index (χ3v) is 6.59. The van der Waals surface area contributed by atoms with E-state index in [1.54, 1.807) is 39.8 Å². The van der Waals surface area contributed by atoms with Gasteiger partial charge in [0.25, 0.3) is 0 Å². The number of rotatable bonds is 1. The van der Waals surface area contributed by atoms with Gasteiger partial charge in [-0.05, 0) is 51.8 Å². The standard InChI is InChI=1S/C20H24O6/c1-6-11(3)20(23)19(5)16-13(24-17(19)22)7-10(2)12-8-15(21)18(4,25-12)9-14(16)26-20/h6-8,13-14,16,23H,9H2,1-5H3/b10-7-,11-6+/t13-,14+,16+,18-,19-,20-/m1/s1. The van der Waals surface area contributed by atoms with E-state index in [0.717, 1.165) is 5.57 Å². The lowest BCUT2D eigenvalue weighted by Crippen LogP contribution is -2.49. The van der Waals surface area contributed by atoms with Crippen molar-refractivity contribution in [3.8, 4) is 0 Å². The lowest BCUT2D eigenvalue weighted by molar-refractivity contribution is -0.220. The molecule has 6 nitrogen and oxygen atoms in total. The van der Waals surface area contributed by atoms with Gasteiger partial charge in [0.05, 0.1) is 6.10 Å². The van der Waals surface area contributed by atoms with Crippen LogP contribution in [0.3, 0.4) is 0 Å². The Balaban J connectivity index is 1.90. The molecule has 4 aliphatic rings. The zero-order valence-corrected chi connectivity index (χ0v) is 15.7. The van der Waals surface area contributed by atoms with Crippen LogP contribution in [-0.4, -0.2) is 40.5 Å². The molecule has 4 heterocycles. The molecule has 0 spiro atoms. The van der Waals surface area contributed by atoms with E-state index in [1.165, 1.54) is 6.08 Å². The van der Waals surface area contributed by atoms with Crippen molar-refractivity contribution in [3.05, 3.63) is 35.1 Å². The second kappa shape index (κ2) is 5.08. The van der Waals surface area contributed by atoms with Gasteiger partial charge in [0.1, 0.15) is 17.3 Å². The molecule has 0 saturated carbocycles. The number of esters is 1. The molecule has 0 radical (unpaired) electrons. The number of hydrogen-bond donors (Lipinski definition) is 1. The van der Waals surface area contributed by atoms with Gasteiger partial charge in [-0.15, -0.1) is 0 Å². The number of ether oxygens (including phenoxy) is 3. The topological polar surface area (TPSA) is 82.1 Å². The van der Waals surface area contributed by atoms with Gasteiger partial charge in [-0.3, -0.25) is 9.59 Å². The smallest absolute Gasteiger partial charge is 0.318 e. The van der Waals surface area contributed by atoms with Gasteiger partial charge in [-0.1, -0.05) is 6.08 Å². The van der Waals surface area contributed by atoms with Crippen LogP contribution in [0.5, 0.6) is 0 Å². The summed E-state index contributed by atoms with van der Waals surface area (Å²) in [4.78, 5) is 25.4. The summed E-state index contributed by atoms with van der Waals surface area (Å²) >= 11 is 0. The van der Waals surface area contributed by atoms with Crippen LogP contribution in [0.1, 0.15) is 41.0 Å². The highest BCUT2D eigenvalue weighted by atomic mass is 16.7. The Morgan fingerprint density at radius 2 is 2.04 bits per heavy atom. The predicted molar refractivity (Wildman–Crippen MR) is 91.7 cm³/mol. The number of allylic oxidation sites excluding steroid dienone is 2. The lowest BCUT2D eigenvalue weighted by Gasteiger charge is -2.35. The summed E-state index contributed by atoms with van der Waals surface area (Å²) in [6, 6.07) is 0. The van der Waals surface area contributed by atoms with E-state index in [1.807, 2.05) is 6.92 Å². The Kier molecular flexibility index (Phi) is 3.42. The van der Waals surface area contributed by atoms with Crippen molar-refractivity contribution in [2.24, 2.45) is 11.3 Å². The molecule has 1 N–H and O–H groups in total. The molecule has 0 unspecified atom stereocenters. The maximum Gasteiger partial charge on any atom is 0.318 e. The highest BCUT2D eigenvalue weighted by molar-refractivity contribution is 6.00. The first-order chi connectivity index (χ1) is 12.1. The Hall–Kier alpha value is -1.92. The van der Waals surface area contributed by atoms with Gasteiger partial charge in [-0.25, -0.2) is 0 Å². The number of carbonyl (C=O) groups is 2. The monoisotopic (exact) mass is 360 g/mol. The summed E-state index contributed by atoms with van der Waals surface area (Å²) in [6.07, 6.45) is 4.15. The van der Waals surface area contributed by atoms with Crippen LogP contribution in [0.4, 0.5) is 0 Å². The summed E-state index contributed by atoms with van der Waals surface area (Å²) in [7, 11) is 0. The second-order valence-electron chi connectivity index (χ2n) is 8.13. The van der Waals surface area contributed by atoms with E-state index in [9.17, 15) is 14.7 Å². The van der Waals surface area contributed by atoms with Crippen molar-refractivity contribution >= 4 is 11.8 Å². The molecule has 2 saturated heterocycles. The molecule has 0 aromatic heterocycles. The molecule has 0 aromatic carbocycles. The van der Waals surface area contributed by atoms with Gasteiger partial charge in [0, 0.05) is 18.4 Å². The number of fused-ring (bicyclic) bond motifs is 2. The van der Waals surface area contributed by atoms with Gasteiger partial charge in [-0.2, -0.15) is 0 Å². The minimum absolute atomic E-state index is 0.132. The molecular formula is C20H24O6. The molecule has 2 bridgehead atoms. The van der Waals surface area contributed by atoms with Gasteiger partial charge < -0.3 is 19.3 Å². The number of ketones is 1. The van der Waals surface area contributed by atoms with Gasteiger partial charge >= 0.3 is 5.97 Å². The fourth-order valence-electron chi connectivity index (χ4n) is 4.79. The van der Waals surface area contributed by atoms with Crippen LogP contribution in [0.15, 0.2) is 35.1 Å².